The second-order valence-corrected chi connectivity index (χ2v) is 7.42. The molecule has 2 aromatic rings. The molecule has 9 heteroatoms. The lowest BCUT2D eigenvalue weighted by atomic mass is 10.1. The van der Waals surface area contributed by atoms with Crippen LogP contribution in [0.2, 0.25) is 10.0 Å². The molecule has 0 saturated carbocycles. The first-order valence-electron chi connectivity index (χ1n) is 9.52. The zero-order valence-electron chi connectivity index (χ0n) is 16.7. The van der Waals surface area contributed by atoms with Crippen LogP contribution in [0.3, 0.4) is 0 Å². The molecule has 0 aliphatic rings. The predicted molar refractivity (Wildman–Crippen MR) is 117 cm³/mol. The number of halogens is 2. The maximum atomic E-state index is 13.3. The number of amides is 2. The molecule has 0 aromatic heterocycles. The molecular weight excluding hydrogens is 429 g/mol. The maximum absolute atomic E-state index is 13.3. The minimum atomic E-state index is -0.771. The second kappa shape index (κ2) is 10.9. The number of carbonyl (C=O) groups is 2. The first kappa shape index (κ1) is 23.6. The van der Waals surface area contributed by atoms with E-state index in [4.69, 9.17) is 23.2 Å². The fourth-order valence-electron chi connectivity index (χ4n) is 3.17. The van der Waals surface area contributed by atoms with Gasteiger partial charge in [-0.1, -0.05) is 54.4 Å². The zero-order chi connectivity index (χ0) is 22.3. The standard InChI is InChI=1S/C21H23Cl2N3O4/c1-3-18(21(28)24-4-2)25(13-15-16(22)9-7-10-17(15)23)20(27)12-14-8-5-6-11-19(14)26(29)30/h5-11,18H,3-4,12-13H2,1-2H3,(H,24,28)/t18-/m0/s1. The van der Waals surface area contributed by atoms with E-state index in [1.165, 1.54) is 23.1 Å². The van der Waals surface area contributed by atoms with Gasteiger partial charge in [0.25, 0.3) is 5.69 Å². The van der Waals surface area contributed by atoms with Crippen molar-refractivity contribution in [3.63, 3.8) is 0 Å². The third-order valence-corrected chi connectivity index (χ3v) is 5.37. The summed E-state index contributed by atoms with van der Waals surface area (Å²) in [6.45, 7) is 4.00. The van der Waals surface area contributed by atoms with Crippen LogP contribution in [0.25, 0.3) is 0 Å². The van der Waals surface area contributed by atoms with Crippen molar-refractivity contribution < 1.29 is 14.5 Å². The molecular formula is C21H23Cl2N3O4. The molecule has 0 aliphatic heterocycles. The van der Waals surface area contributed by atoms with Crippen molar-refractivity contribution in [2.24, 2.45) is 0 Å². The molecule has 1 atom stereocenters. The van der Waals surface area contributed by atoms with Gasteiger partial charge in [0.2, 0.25) is 11.8 Å². The molecule has 0 heterocycles. The van der Waals surface area contributed by atoms with E-state index in [9.17, 15) is 19.7 Å². The molecule has 7 nitrogen and oxygen atoms in total. The quantitative estimate of drug-likeness (QED) is 0.451. The van der Waals surface area contributed by atoms with Crippen molar-refractivity contribution in [2.75, 3.05) is 6.54 Å². The monoisotopic (exact) mass is 451 g/mol. The molecule has 0 radical (unpaired) electrons. The molecule has 160 valence electrons. The number of nitro benzene ring substituents is 1. The third kappa shape index (κ3) is 5.70. The number of benzene rings is 2. The first-order chi connectivity index (χ1) is 14.3. The molecule has 0 unspecified atom stereocenters. The Balaban J connectivity index is 2.43. The highest BCUT2D eigenvalue weighted by molar-refractivity contribution is 6.36. The lowest BCUT2D eigenvalue weighted by Gasteiger charge is -2.31. The van der Waals surface area contributed by atoms with Crippen molar-refractivity contribution in [3.05, 3.63) is 73.8 Å². The lowest BCUT2D eigenvalue weighted by Crippen LogP contribution is -2.49. The summed E-state index contributed by atoms with van der Waals surface area (Å²) >= 11 is 12.6. The number of carbonyl (C=O) groups excluding carboxylic acids is 2. The topological polar surface area (TPSA) is 92.6 Å². The average Bonchev–Trinajstić information content (AvgIpc) is 2.70. The molecule has 30 heavy (non-hydrogen) atoms. The van der Waals surface area contributed by atoms with Crippen molar-refractivity contribution in [1.82, 2.24) is 10.2 Å². The van der Waals surface area contributed by atoms with Gasteiger partial charge in [-0.3, -0.25) is 19.7 Å². The van der Waals surface area contributed by atoms with Gasteiger partial charge in [0.1, 0.15) is 6.04 Å². The van der Waals surface area contributed by atoms with Gasteiger partial charge in [-0.05, 0) is 25.5 Å². The summed E-state index contributed by atoms with van der Waals surface area (Å²) in [6, 6.07) is 10.3. The Hall–Kier alpha value is -2.64. The van der Waals surface area contributed by atoms with Gasteiger partial charge in [0.05, 0.1) is 11.3 Å². The van der Waals surface area contributed by atoms with E-state index in [1.807, 2.05) is 0 Å². The number of nitro groups is 1. The zero-order valence-corrected chi connectivity index (χ0v) is 18.2. The van der Waals surface area contributed by atoms with Crippen LogP contribution in [0.1, 0.15) is 31.4 Å². The number of rotatable bonds is 9. The lowest BCUT2D eigenvalue weighted by molar-refractivity contribution is -0.385. The Kier molecular flexibility index (Phi) is 8.62. The first-order valence-corrected chi connectivity index (χ1v) is 10.3. The molecule has 2 aromatic carbocycles. The number of hydrogen-bond donors (Lipinski definition) is 1. The van der Waals surface area contributed by atoms with Crippen LogP contribution < -0.4 is 5.32 Å². The summed E-state index contributed by atoms with van der Waals surface area (Å²) in [6.07, 6.45) is 0.131. The summed E-state index contributed by atoms with van der Waals surface area (Å²) < 4.78 is 0. The van der Waals surface area contributed by atoms with E-state index >= 15 is 0 Å². The molecule has 0 saturated heterocycles. The smallest absolute Gasteiger partial charge is 0.273 e. The predicted octanol–water partition coefficient (Wildman–Crippen LogP) is 4.39. The van der Waals surface area contributed by atoms with Crippen LogP contribution >= 0.6 is 23.2 Å². The van der Waals surface area contributed by atoms with Gasteiger partial charge in [0.15, 0.2) is 0 Å². The van der Waals surface area contributed by atoms with Gasteiger partial charge in [-0.15, -0.1) is 0 Å². The highest BCUT2D eigenvalue weighted by atomic mass is 35.5. The van der Waals surface area contributed by atoms with Crippen molar-refractivity contribution in [2.45, 2.75) is 39.3 Å². The normalized spacial score (nSPS) is 11.6. The number of para-hydroxylation sites is 1. The summed E-state index contributed by atoms with van der Waals surface area (Å²) in [4.78, 5) is 38.1. The highest BCUT2D eigenvalue weighted by Gasteiger charge is 2.30. The van der Waals surface area contributed by atoms with E-state index in [1.54, 1.807) is 38.1 Å². The molecule has 0 fully saturated rings. The SMILES string of the molecule is CCNC(=O)[C@H](CC)N(Cc1c(Cl)cccc1Cl)C(=O)Cc1ccccc1[N+](=O)[O-]. The van der Waals surface area contributed by atoms with E-state index in [0.29, 0.717) is 28.6 Å². The highest BCUT2D eigenvalue weighted by Crippen LogP contribution is 2.28. The van der Waals surface area contributed by atoms with Crippen LogP contribution in [-0.2, 0) is 22.6 Å². The van der Waals surface area contributed by atoms with Crippen molar-refractivity contribution >= 4 is 40.7 Å². The van der Waals surface area contributed by atoms with Gasteiger partial charge >= 0.3 is 0 Å². The van der Waals surface area contributed by atoms with E-state index in [2.05, 4.69) is 5.32 Å². The third-order valence-electron chi connectivity index (χ3n) is 4.66. The Morgan fingerprint density at radius 1 is 1.10 bits per heavy atom. The van der Waals surface area contributed by atoms with Crippen LogP contribution in [0.15, 0.2) is 42.5 Å². The van der Waals surface area contributed by atoms with Crippen molar-refractivity contribution in [3.8, 4) is 0 Å². The van der Waals surface area contributed by atoms with Crippen LogP contribution in [-0.4, -0.2) is 34.2 Å². The van der Waals surface area contributed by atoms with E-state index in [0.717, 1.165) is 0 Å². The Morgan fingerprint density at radius 2 is 1.73 bits per heavy atom. The molecule has 0 bridgehead atoms. The van der Waals surface area contributed by atoms with Gasteiger partial charge in [-0.2, -0.15) is 0 Å². The molecule has 1 N–H and O–H groups in total. The molecule has 0 aliphatic carbocycles. The Morgan fingerprint density at radius 3 is 2.30 bits per heavy atom. The minimum absolute atomic E-state index is 0.00755. The van der Waals surface area contributed by atoms with Crippen molar-refractivity contribution in [1.29, 1.82) is 0 Å². The van der Waals surface area contributed by atoms with Gasteiger partial charge in [0, 0.05) is 40.3 Å². The Bertz CT molecular complexity index is 916. The second-order valence-electron chi connectivity index (χ2n) is 6.60. The summed E-state index contributed by atoms with van der Waals surface area (Å²) in [5.41, 5.74) is 0.639. The van der Waals surface area contributed by atoms with Gasteiger partial charge in [-0.25, -0.2) is 0 Å². The summed E-state index contributed by atoms with van der Waals surface area (Å²) in [7, 11) is 0. The molecule has 2 amide bonds. The van der Waals surface area contributed by atoms with Gasteiger partial charge < -0.3 is 10.2 Å². The minimum Gasteiger partial charge on any atom is -0.355 e. The van der Waals surface area contributed by atoms with E-state index in [-0.39, 0.29) is 30.1 Å². The number of likely N-dealkylation sites (N-methyl/N-ethyl adjacent to an activating group) is 1. The fraction of sp³-hybridized carbons (Fsp3) is 0.333. The van der Waals surface area contributed by atoms with Crippen LogP contribution in [0.4, 0.5) is 5.69 Å². The number of nitrogens with one attached hydrogen (secondary N) is 1. The van der Waals surface area contributed by atoms with Crippen LogP contribution in [0, 0.1) is 10.1 Å². The molecule has 2 rings (SSSR count). The summed E-state index contributed by atoms with van der Waals surface area (Å²) in [5, 5.41) is 14.8. The van der Waals surface area contributed by atoms with E-state index < -0.39 is 16.9 Å². The summed E-state index contributed by atoms with van der Waals surface area (Å²) in [5.74, 6) is -0.738. The Labute approximate surface area is 185 Å². The largest absolute Gasteiger partial charge is 0.355 e. The van der Waals surface area contributed by atoms with Crippen LogP contribution in [0.5, 0.6) is 0 Å². The number of nitrogens with zero attached hydrogens (tertiary/aromatic N) is 2. The fourth-order valence-corrected chi connectivity index (χ4v) is 3.69. The maximum Gasteiger partial charge on any atom is 0.273 e. The average molecular weight is 452 g/mol. The number of hydrogen-bond acceptors (Lipinski definition) is 4. The molecule has 0 spiro atoms.